The van der Waals surface area contributed by atoms with Crippen LogP contribution in [-0.2, 0) is 14.8 Å². The van der Waals surface area contributed by atoms with Crippen molar-refractivity contribution in [2.24, 2.45) is 0 Å². The Bertz CT molecular complexity index is 314. The molecule has 1 N–H and O–H groups in total. The lowest BCUT2D eigenvalue weighted by Gasteiger charge is -2.18. The van der Waals surface area contributed by atoms with E-state index in [1.54, 1.807) is 6.92 Å². The minimum absolute atomic E-state index is 0.0152. The summed E-state index contributed by atoms with van der Waals surface area (Å²) in [4.78, 5) is 11.5. The summed E-state index contributed by atoms with van der Waals surface area (Å²) in [7, 11) is -1.85. The van der Waals surface area contributed by atoms with Gasteiger partial charge >= 0.3 is 0 Å². The molecule has 0 aliphatic carbocycles. The standard InChI is InChI=1S/C10H22N2O3S/c1-5-7-9(3)11-10(13)8-12(4)16(14,15)6-2/h9H,5-8H2,1-4H3,(H,11,13)/t9-/m1/s1. The Labute approximate surface area is 98.3 Å². The monoisotopic (exact) mass is 250 g/mol. The first kappa shape index (κ1) is 15.4. The van der Waals surface area contributed by atoms with Gasteiger partial charge in [0.1, 0.15) is 0 Å². The zero-order valence-corrected chi connectivity index (χ0v) is 11.3. The van der Waals surface area contributed by atoms with E-state index < -0.39 is 10.0 Å². The average molecular weight is 250 g/mol. The fourth-order valence-electron chi connectivity index (χ4n) is 1.35. The van der Waals surface area contributed by atoms with Crippen molar-refractivity contribution in [3.05, 3.63) is 0 Å². The summed E-state index contributed by atoms with van der Waals surface area (Å²) in [5.74, 6) is -0.234. The lowest BCUT2D eigenvalue weighted by Crippen LogP contribution is -2.42. The molecule has 0 aliphatic heterocycles. The van der Waals surface area contributed by atoms with E-state index >= 15 is 0 Å². The van der Waals surface area contributed by atoms with Crippen molar-refractivity contribution in [1.29, 1.82) is 0 Å². The fraction of sp³-hybridized carbons (Fsp3) is 0.900. The van der Waals surface area contributed by atoms with E-state index in [1.807, 2.05) is 13.8 Å². The second kappa shape index (κ2) is 6.85. The first-order valence-corrected chi connectivity index (χ1v) is 7.17. The molecule has 0 aromatic carbocycles. The maximum Gasteiger partial charge on any atom is 0.235 e. The zero-order valence-electron chi connectivity index (χ0n) is 10.5. The molecule has 5 nitrogen and oxygen atoms in total. The molecule has 1 atom stereocenters. The van der Waals surface area contributed by atoms with Crippen LogP contribution in [0.15, 0.2) is 0 Å². The van der Waals surface area contributed by atoms with E-state index in [0.717, 1.165) is 17.1 Å². The molecule has 16 heavy (non-hydrogen) atoms. The molecule has 96 valence electrons. The molecule has 0 aromatic rings. The van der Waals surface area contributed by atoms with Gasteiger partial charge in [0.05, 0.1) is 12.3 Å². The SMILES string of the molecule is CCC[C@@H](C)NC(=O)CN(C)S(=O)(=O)CC. The molecule has 0 spiro atoms. The summed E-state index contributed by atoms with van der Waals surface area (Å²) in [5.41, 5.74) is 0. The van der Waals surface area contributed by atoms with Crippen LogP contribution in [0.2, 0.25) is 0 Å². The highest BCUT2D eigenvalue weighted by atomic mass is 32.2. The van der Waals surface area contributed by atoms with Crippen molar-refractivity contribution in [1.82, 2.24) is 9.62 Å². The molecule has 0 fully saturated rings. The van der Waals surface area contributed by atoms with Crippen molar-refractivity contribution in [2.75, 3.05) is 19.3 Å². The second-order valence-electron chi connectivity index (χ2n) is 3.91. The topological polar surface area (TPSA) is 66.5 Å². The molecule has 0 saturated heterocycles. The van der Waals surface area contributed by atoms with Crippen molar-refractivity contribution in [3.63, 3.8) is 0 Å². The number of sulfonamides is 1. The number of rotatable bonds is 7. The quantitative estimate of drug-likeness (QED) is 0.718. The van der Waals surface area contributed by atoms with Gasteiger partial charge in [-0.2, -0.15) is 4.31 Å². The number of hydrogen-bond donors (Lipinski definition) is 1. The van der Waals surface area contributed by atoms with E-state index in [0.29, 0.717) is 0 Å². The molecular weight excluding hydrogens is 228 g/mol. The molecule has 0 saturated carbocycles. The number of amides is 1. The highest BCUT2D eigenvalue weighted by molar-refractivity contribution is 7.89. The third kappa shape index (κ3) is 5.46. The highest BCUT2D eigenvalue weighted by Gasteiger charge is 2.18. The Morgan fingerprint density at radius 3 is 2.38 bits per heavy atom. The predicted molar refractivity (Wildman–Crippen MR) is 64.6 cm³/mol. The Morgan fingerprint density at radius 2 is 1.94 bits per heavy atom. The van der Waals surface area contributed by atoms with E-state index in [2.05, 4.69) is 5.32 Å². The van der Waals surface area contributed by atoms with Gasteiger partial charge in [0.2, 0.25) is 15.9 Å². The summed E-state index contributed by atoms with van der Waals surface area (Å²) in [6, 6.07) is 0.0928. The number of nitrogens with zero attached hydrogens (tertiary/aromatic N) is 1. The second-order valence-corrected chi connectivity index (χ2v) is 6.28. The first-order chi connectivity index (χ1) is 7.33. The van der Waals surface area contributed by atoms with Crippen LogP contribution >= 0.6 is 0 Å². The molecule has 1 amide bonds. The van der Waals surface area contributed by atoms with Crippen molar-refractivity contribution >= 4 is 15.9 Å². The molecular formula is C10H22N2O3S. The van der Waals surface area contributed by atoms with Gasteiger partial charge in [-0.15, -0.1) is 0 Å². The fourth-order valence-corrected chi connectivity index (χ4v) is 2.10. The molecule has 0 radical (unpaired) electrons. The summed E-state index contributed by atoms with van der Waals surface area (Å²) in [5, 5.41) is 2.76. The van der Waals surface area contributed by atoms with E-state index in [-0.39, 0.29) is 24.2 Å². The lowest BCUT2D eigenvalue weighted by atomic mass is 10.2. The Hall–Kier alpha value is -0.620. The summed E-state index contributed by atoms with van der Waals surface area (Å²) < 4.78 is 23.9. The molecule has 0 heterocycles. The van der Waals surface area contributed by atoms with E-state index in [1.165, 1.54) is 7.05 Å². The summed E-state index contributed by atoms with van der Waals surface area (Å²) >= 11 is 0. The molecule has 0 aliphatic rings. The average Bonchev–Trinajstić information content (AvgIpc) is 2.17. The zero-order chi connectivity index (χ0) is 12.8. The smallest absolute Gasteiger partial charge is 0.235 e. The van der Waals surface area contributed by atoms with Crippen LogP contribution in [0, 0.1) is 0 Å². The maximum absolute atomic E-state index is 11.5. The number of hydrogen-bond acceptors (Lipinski definition) is 3. The predicted octanol–water partition coefficient (Wildman–Crippen LogP) is 0.573. The molecule has 6 heteroatoms. The molecule has 0 aromatic heterocycles. The normalized spacial score (nSPS) is 13.8. The largest absolute Gasteiger partial charge is 0.353 e. The number of carbonyl (C=O) groups excluding carboxylic acids is 1. The Morgan fingerprint density at radius 1 is 1.38 bits per heavy atom. The van der Waals surface area contributed by atoms with Crippen LogP contribution in [0.4, 0.5) is 0 Å². The van der Waals surface area contributed by atoms with Crippen molar-refractivity contribution in [2.45, 2.75) is 39.7 Å². The number of likely N-dealkylation sites (N-methyl/N-ethyl adjacent to an activating group) is 1. The van der Waals surface area contributed by atoms with Crippen LogP contribution in [0.25, 0.3) is 0 Å². The van der Waals surface area contributed by atoms with Gasteiger partial charge in [0.25, 0.3) is 0 Å². The summed E-state index contributed by atoms with van der Waals surface area (Å²) in [6.07, 6.45) is 1.89. The van der Waals surface area contributed by atoms with Crippen LogP contribution in [0.5, 0.6) is 0 Å². The third-order valence-corrected chi connectivity index (χ3v) is 4.14. The molecule has 0 bridgehead atoms. The molecule has 0 rings (SSSR count). The van der Waals surface area contributed by atoms with E-state index in [4.69, 9.17) is 0 Å². The number of nitrogens with one attached hydrogen (secondary N) is 1. The van der Waals surface area contributed by atoms with Crippen LogP contribution in [0.3, 0.4) is 0 Å². The Balaban J connectivity index is 4.16. The van der Waals surface area contributed by atoms with Gasteiger partial charge in [-0.1, -0.05) is 13.3 Å². The van der Waals surface area contributed by atoms with Gasteiger partial charge in [-0.3, -0.25) is 4.79 Å². The van der Waals surface area contributed by atoms with Crippen LogP contribution in [-0.4, -0.2) is 44.0 Å². The van der Waals surface area contributed by atoms with Gasteiger partial charge in [-0.25, -0.2) is 8.42 Å². The van der Waals surface area contributed by atoms with Gasteiger partial charge < -0.3 is 5.32 Å². The van der Waals surface area contributed by atoms with Crippen molar-refractivity contribution < 1.29 is 13.2 Å². The maximum atomic E-state index is 11.5. The van der Waals surface area contributed by atoms with Gasteiger partial charge in [-0.05, 0) is 20.3 Å². The minimum Gasteiger partial charge on any atom is -0.353 e. The lowest BCUT2D eigenvalue weighted by molar-refractivity contribution is -0.121. The van der Waals surface area contributed by atoms with Gasteiger partial charge in [0.15, 0.2) is 0 Å². The Kier molecular flexibility index (Phi) is 6.59. The van der Waals surface area contributed by atoms with E-state index in [9.17, 15) is 13.2 Å². The summed E-state index contributed by atoms with van der Waals surface area (Å²) in [6.45, 7) is 5.40. The number of carbonyl (C=O) groups is 1. The minimum atomic E-state index is -3.27. The third-order valence-electron chi connectivity index (χ3n) is 2.34. The van der Waals surface area contributed by atoms with Crippen molar-refractivity contribution in [3.8, 4) is 0 Å². The highest BCUT2D eigenvalue weighted by Crippen LogP contribution is 1.98. The van der Waals surface area contributed by atoms with Gasteiger partial charge in [0, 0.05) is 13.1 Å². The van der Waals surface area contributed by atoms with Crippen LogP contribution in [0.1, 0.15) is 33.6 Å². The first-order valence-electron chi connectivity index (χ1n) is 5.56. The molecule has 0 unspecified atom stereocenters. The van der Waals surface area contributed by atoms with Crippen LogP contribution < -0.4 is 5.32 Å².